The second-order valence-corrected chi connectivity index (χ2v) is 6.98. The number of benzene rings is 1. The fraction of sp³-hybridized carbons (Fsp3) is 0.500. The van der Waals surface area contributed by atoms with E-state index in [0.717, 1.165) is 4.90 Å². The number of alkyl halides is 2. The number of methoxy groups -OCH3 is 1. The van der Waals surface area contributed by atoms with Gasteiger partial charge in [-0.3, -0.25) is 15.0 Å². The van der Waals surface area contributed by atoms with Crippen molar-refractivity contribution in [2.24, 2.45) is 0 Å². The number of carbonyl (C=O) groups excluding carboxylic acids is 3. The molecule has 1 saturated carbocycles. The maximum absolute atomic E-state index is 15.3. The third kappa shape index (κ3) is 2.83. The molecule has 0 radical (unpaired) electrons. The van der Waals surface area contributed by atoms with Gasteiger partial charge in [0, 0.05) is 26.5 Å². The van der Waals surface area contributed by atoms with Crippen LogP contribution in [0.4, 0.5) is 13.6 Å². The molecule has 1 aliphatic carbocycles. The molecule has 10 heteroatoms. The minimum atomic E-state index is -3.70. The van der Waals surface area contributed by atoms with Crippen LogP contribution >= 0.6 is 0 Å². The van der Waals surface area contributed by atoms with Gasteiger partial charge in [-0.05, 0) is 12.1 Å². The summed E-state index contributed by atoms with van der Waals surface area (Å²) in [6.45, 7) is -0.224. The van der Waals surface area contributed by atoms with E-state index in [4.69, 9.17) is 14.2 Å². The van der Waals surface area contributed by atoms with Crippen molar-refractivity contribution < 1.29 is 37.4 Å². The van der Waals surface area contributed by atoms with E-state index in [1.54, 1.807) is 18.2 Å². The Morgan fingerprint density at radius 2 is 2.00 bits per heavy atom. The topological polar surface area (TPSA) is 94.2 Å². The number of halogens is 2. The van der Waals surface area contributed by atoms with Crippen LogP contribution < -0.4 is 5.32 Å². The van der Waals surface area contributed by atoms with Crippen LogP contribution in [0.5, 0.6) is 0 Å². The summed E-state index contributed by atoms with van der Waals surface area (Å²) < 4.78 is 46.5. The van der Waals surface area contributed by atoms with E-state index in [1.165, 1.54) is 19.2 Å². The summed E-state index contributed by atoms with van der Waals surface area (Å²) in [6, 6.07) is 6.78. The minimum absolute atomic E-state index is 0.0940. The summed E-state index contributed by atoms with van der Waals surface area (Å²) in [5.74, 6) is -5.17. The number of rotatable bonds is 4. The summed E-state index contributed by atoms with van der Waals surface area (Å²) >= 11 is 0. The Kier molecular flexibility index (Phi) is 4.35. The summed E-state index contributed by atoms with van der Waals surface area (Å²) in [4.78, 5) is 36.5. The van der Waals surface area contributed by atoms with Gasteiger partial charge in [-0.1, -0.05) is 18.2 Å². The summed E-state index contributed by atoms with van der Waals surface area (Å²) in [5.41, 5.74) is -1.43. The molecule has 2 aliphatic heterocycles. The van der Waals surface area contributed by atoms with Crippen molar-refractivity contribution in [3.63, 3.8) is 0 Å². The van der Waals surface area contributed by atoms with Crippen LogP contribution in [-0.4, -0.2) is 66.4 Å². The molecule has 1 unspecified atom stereocenters. The average Bonchev–Trinajstić information content (AvgIpc) is 3.33. The van der Waals surface area contributed by atoms with Crippen LogP contribution in [0.1, 0.15) is 23.2 Å². The molecule has 8 nitrogen and oxygen atoms in total. The Morgan fingerprint density at radius 1 is 1.29 bits per heavy atom. The first-order chi connectivity index (χ1) is 13.3. The number of ether oxygens (including phenoxy) is 3. The van der Waals surface area contributed by atoms with Crippen molar-refractivity contribution >= 4 is 17.9 Å². The van der Waals surface area contributed by atoms with Crippen LogP contribution in [0.2, 0.25) is 0 Å². The van der Waals surface area contributed by atoms with E-state index in [9.17, 15) is 14.4 Å². The molecular formula is C18H18F2N2O6. The lowest BCUT2D eigenvalue weighted by atomic mass is 10.1. The molecule has 1 N–H and O–H groups in total. The number of amides is 3. The number of esters is 1. The van der Waals surface area contributed by atoms with Gasteiger partial charge >= 0.3 is 17.9 Å². The van der Waals surface area contributed by atoms with Crippen molar-refractivity contribution in [1.29, 1.82) is 0 Å². The molecule has 1 aromatic rings. The minimum Gasteiger partial charge on any atom is -0.449 e. The van der Waals surface area contributed by atoms with Crippen LogP contribution in [0.25, 0.3) is 0 Å². The summed E-state index contributed by atoms with van der Waals surface area (Å²) in [6.07, 6.45) is -4.65. The van der Waals surface area contributed by atoms with Crippen molar-refractivity contribution in [3.8, 4) is 0 Å². The zero-order chi connectivity index (χ0) is 20.1. The fourth-order valence-electron chi connectivity index (χ4n) is 3.72. The summed E-state index contributed by atoms with van der Waals surface area (Å²) in [5, 5.41) is 1.99. The van der Waals surface area contributed by atoms with Gasteiger partial charge in [0.25, 0.3) is 0 Å². The highest BCUT2D eigenvalue weighted by Gasteiger charge is 2.80. The van der Waals surface area contributed by atoms with Gasteiger partial charge in [-0.25, -0.2) is 9.59 Å². The third-order valence-corrected chi connectivity index (χ3v) is 5.23. The van der Waals surface area contributed by atoms with Gasteiger partial charge in [0.05, 0.1) is 11.7 Å². The molecule has 2 heterocycles. The fourth-order valence-corrected chi connectivity index (χ4v) is 3.72. The van der Waals surface area contributed by atoms with Gasteiger partial charge < -0.3 is 14.2 Å². The van der Waals surface area contributed by atoms with Crippen molar-refractivity contribution in [2.45, 2.75) is 42.8 Å². The van der Waals surface area contributed by atoms with Crippen molar-refractivity contribution in [3.05, 3.63) is 35.9 Å². The maximum atomic E-state index is 15.3. The number of nitrogens with zero attached hydrogens (tertiary/aromatic N) is 1. The molecule has 3 amide bonds. The Labute approximate surface area is 158 Å². The third-order valence-electron chi connectivity index (χ3n) is 5.23. The number of nitrogens with one attached hydrogen (secondary N) is 1. The van der Waals surface area contributed by atoms with Gasteiger partial charge in [0.2, 0.25) is 18.2 Å². The van der Waals surface area contributed by atoms with E-state index in [-0.39, 0.29) is 24.9 Å². The SMILES string of the molecule is CO[C@@H]1CC12O[C@@H](N1CCC(=O)NC1=O)C(F)(F)[C@@H]2OC(=O)c1ccccc1. The van der Waals surface area contributed by atoms with E-state index >= 15 is 8.78 Å². The van der Waals surface area contributed by atoms with Crippen LogP contribution in [0.15, 0.2) is 30.3 Å². The van der Waals surface area contributed by atoms with Crippen molar-refractivity contribution in [1.82, 2.24) is 10.2 Å². The Morgan fingerprint density at radius 3 is 2.61 bits per heavy atom. The van der Waals surface area contributed by atoms with Crippen LogP contribution in [0, 0.1) is 0 Å². The number of hydrogen-bond acceptors (Lipinski definition) is 6. The predicted molar refractivity (Wildman–Crippen MR) is 88.5 cm³/mol. The Hall–Kier alpha value is -2.59. The zero-order valence-corrected chi connectivity index (χ0v) is 14.9. The molecule has 150 valence electrons. The monoisotopic (exact) mass is 396 g/mol. The molecule has 1 spiro atoms. The second kappa shape index (κ2) is 6.49. The van der Waals surface area contributed by atoms with E-state index < -0.39 is 47.9 Å². The summed E-state index contributed by atoms with van der Waals surface area (Å²) in [7, 11) is 1.34. The molecule has 28 heavy (non-hydrogen) atoms. The van der Waals surface area contributed by atoms with E-state index in [1.807, 2.05) is 5.32 Å². The lowest BCUT2D eigenvalue weighted by Crippen LogP contribution is -2.59. The zero-order valence-electron chi connectivity index (χ0n) is 14.9. The molecular weight excluding hydrogens is 378 g/mol. The van der Waals surface area contributed by atoms with Gasteiger partial charge in [-0.2, -0.15) is 8.78 Å². The number of hydrogen-bond donors (Lipinski definition) is 1. The Balaban J connectivity index is 1.62. The standard InChI is InChI=1S/C18H18F2N2O6/c1-26-11-9-17(11)14(27-13(24)10-5-3-2-4-6-10)18(19,20)15(28-17)22-8-7-12(23)21-16(22)25/h2-6,11,14-15H,7-9H2,1H3,(H,21,23,25)/t11-,14-,15-,17?/m1/s1. The number of urea groups is 1. The predicted octanol–water partition coefficient (Wildman–Crippen LogP) is 1.30. The first kappa shape index (κ1) is 18.8. The smallest absolute Gasteiger partial charge is 0.338 e. The largest absolute Gasteiger partial charge is 0.449 e. The molecule has 4 rings (SSSR count). The first-order valence-electron chi connectivity index (χ1n) is 8.74. The number of imide groups is 1. The highest BCUT2D eigenvalue weighted by atomic mass is 19.3. The Bertz CT molecular complexity index is 820. The van der Waals surface area contributed by atoms with Gasteiger partial charge in [0.15, 0.2) is 0 Å². The van der Waals surface area contributed by atoms with Crippen molar-refractivity contribution in [2.75, 3.05) is 13.7 Å². The maximum Gasteiger partial charge on any atom is 0.338 e. The molecule has 4 atom stereocenters. The first-order valence-corrected chi connectivity index (χ1v) is 8.74. The lowest BCUT2D eigenvalue weighted by molar-refractivity contribution is -0.160. The van der Waals surface area contributed by atoms with Crippen LogP contribution in [-0.2, 0) is 19.0 Å². The average molecular weight is 396 g/mol. The molecule has 3 fully saturated rings. The normalized spacial score (nSPS) is 33.7. The number of carbonyl (C=O) groups is 3. The highest BCUT2D eigenvalue weighted by molar-refractivity contribution is 5.96. The van der Waals surface area contributed by atoms with E-state index in [0.29, 0.717) is 0 Å². The molecule has 0 aromatic heterocycles. The quantitative estimate of drug-likeness (QED) is 0.772. The lowest BCUT2D eigenvalue weighted by Gasteiger charge is -2.34. The highest BCUT2D eigenvalue weighted by Crippen LogP contribution is 2.58. The molecule has 3 aliphatic rings. The van der Waals surface area contributed by atoms with Gasteiger partial charge in [0.1, 0.15) is 5.60 Å². The van der Waals surface area contributed by atoms with E-state index in [2.05, 4.69) is 0 Å². The molecule has 1 aromatic carbocycles. The molecule has 0 bridgehead atoms. The van der Waals surface area contributed by atoms with Gasteiger partial charge in [-0.15, -0.1) is 0 Å². The molecule has 2 saturated heterocycles. The second-order valence-electron chi connectivity index (χ2n) is 6.98. The van der Waals surface area contributed by atoms with Crippen LogP contribution in [0.3, 0.4) is 0 Å².